The zero-order valence-electron chi connectivity index (χ0n) is 8.79. The van der Waals surface area contributed by atoms with E-state index in [9.17, 15) is 0 Å². The highest BCUT2D eigenvalue weighted by molar-refractivity contribution is 5.84. The Balaban J connectivity index is 2.35. The zero-order valence-corrected chi connectivity index (χ0v) is 8.79. The van der Waals surface area contributed by atoms with Gasteiger partial charge in [0.25, 0.3) is 0 Å². The van der Waals surface area contributed by atoms with Crippen molar-refractivity contribution in [2.45, 2.75) is 13.3 Å². The normalized spacial score (nSPS) is 10.8. The van der Waals surface area contributed by atoms with Gasteiger partial charge in [-0.3, -0.25) is 0 Å². The molecule has 0 saturated heterocycles. The second-order valence-electron chi connectivity index (χ2n) is 3.45. The molecular weight excluding hydrogens is 190 g/mol. The van der Waals surface area contributed by atoms with E-state index in [2.05, 4.69) is 11.9 Å². The molecule has 1 aromatic carbocycles. The van der Waals surface area contributed by atoms with E-state index >= 15 is 0 Å². The summed E-state index contributed by atoms with van der Waals surface area (Å²) in [6.45, 7) is 2.52. The van der Waals surface area contributed by atoms with Crippen molar-refractivity contribution in [1.29, 1.82) is 0 Å². The van der Waals surface area contributed by atoms with Crippen LogP contribution in [0.25, 0.3) is 10.9 Å². The number of nitrogens with one attached hydrogen (secondary N) is 1. The first kappa shape index (κ1) is 10.1. The van der Waals surface area contributed by atoms with Gasteiger partial charge in [-0.15, -0.1) is 0 Å². The smallest absolute Gasteiger partial charge is 0.120 e. The van der Waals surface area contributed by atoms with Gasteiger partial charge in [-0.25, -0.2) is 0 Å². The molecule has 0 aliphatic heterocycles. The van der Waals surface area contributed by atoms with Crippen molar-refractivity contribution in [3.05, 3.63) is 30.0 Å². The molecule has 0 aliphatic carbocycles. The van der Waals surface area contributed by atoms with Crippen LogP contribution in [0.15, 0.2) is 24.4 Å². The van der Waals surface area contributed by atoms with Crippen molar-refractivity contribution in [2.24, 2.45) is 0 Å². The minimum absolute atomic E-state index is 0.0474. The quantitative estimate of drug-likeness (QED) is 0.802. The van der Waals surface area contributed by atoms with Crippen molar-refractivity contribution >= 4 is 10.9 Å². The van der Waals surface area contributed by atoms with Crippen LogP contribution in [0, 0.1) is 0 Å². The van der Waals surface area contributed by atoms with Crippen LogP contribution < -0.4 is 4.74 Å². The highest BCUT2D eigenvalue weighted by Gasteiger charge is 2.03. The van der Waals surface area contributed by atoms with Crippen LogP contribution in [0.1, 0.15) is 12.5 Å². The molecule has 1 heterocycles. The summed E-state index contributed by atoms with van der Waals surface area (Å²) < 4.78 is 5.37. The average molecular weight is 205 g/mol. The van der Waals surface area contributed by atoms with Crippen molar-refractivity contribution < 1.29 is 9.84 Å². The first-order chi connectivity index (χ1) is 7.35. The van der Waals surface area contributed by atoms with Gasteiger partial charge in [-0.1, -0.05) is 6.92 Å². The first-order valence-electron chi connectivity index (χ1n) is 5.19. The summed E-state index contributed by atoms with van der Waals surface area (Å²) in [6, 6.07) is 5.93. The third kappa shape index (κ3) is 1.97. The van der Waals surface area contributed by atoms with Crippen molar-refractivity contribution in [3.63, 3.8) is 0 Å². The standard InChI is InChI=1S/C12H15NO2/c1-2-9-8-13-12-4-3-10(7-11(9)12)15-6-5-14/h3-4,7-8,13-14H,2,5-6H2,1H3. The van der Waals surface area contributed by atoms with Crippen molar-refractivity contribution in [2.75, 3.05) is 13.2 Å². The Morgan fingerprint density at radius 3 is 3.00 bits per heavy atom. The van der Waals surface area contributed by atoms with Crippen LogP contribution in [-0.2, 0) is 6.42 Å². The van der Waals surface area contributed by atoms with Crippen LogP contribution in [-0.4, -0.2) is 23.3 Å². The van der Waals surface area contributed by atoms with E-state index in [1.54, 1.807) is 0 Å². The number of rotatable bonds is 4. The molecule has 0 fully saturated rings. The lowest BCUT2D eigenvalue weighted by atomic mass is 10.1. The van der Waals surface area contributed by atoms with Crippen LogP contribution in [0.3, 0.4) is 0 Å². The van der Waals surface area contributed by atoms with Crippen molar-refractivity contribution in [1.82, 2.24) is 4.98 Å². The van der Waals surface area contributed by atoms with Crippen LogP contribution in [0.4, 0.5) is 0 Å². The number of aliphatic hydroxyl groups excluding tert-OH is 1. The third-order valence-corrected chi connectivity index (χ3v) is 2.48. The van der Waals surface area contributed by atoms with Gasteiger partial charge in [0.05, 0.1) is 6.61 Å². The molecule has 2 aromatic rings. The van der Waals surface area contributed by atoms with Gasteiger partial charge >= 0.3 is 0 Å². The number of aliphatic hydroxyl groups is 1. The predicted molar refractivity (Wildman–Crippen MR) is 60.3 cm³/mol. The molecule has 0 radical (unpaired) electrons. The molecule has 1 aromatic heterocycles. The van der Waals surface area contributed by atoms with Crippen LogP contribution in [0.5, 0.6) is 5.75 Å². The zero-order chi connectivity index (χ0) is 10.7. The van der Waals surface area contributed by atoms with Gasteiger partial charge in [0.15, 0.2) is 0 Å². The SMILES string of the molecule is CCc1c[nH]c2ccc(OCCO)cc12. The van der Waals surface area contributed by atoms with Gasteiger partial charge in [0.1, 0.15) is 12.4 Å². The summed E-state index contributed by atoms with van der Waals surface area (Å²) >= 11 is 0. The number of ether oxygens (including phenoxy) is 1. The molecule has 0 bridgehead atoms. The van der Waals surface area contributed by atoms with Gasteiger partial charge in [-0.2, -0.15) is 0 Å². The van der Waals surface area contributed by atoms with Crippen LogP contribution >= 0.6 is 0 Å². The second-order valence-corrected chi connectivity index (χ2v) is 3.45. The molecule has 3 heteroatoms. The van der Waals surface area contributed by atoms with Gasteiger partial charge in [-0.05, 0) is 30.2 Å². The lowest BCUT2D eigenvalue weighted by molar-refractivity contribution is 0.201. The number of aromatic amines is 1. The van der Waals surface area contributed by atoms with Gasteiger partial charge < -0.3 is 14.8 Å². The molecule has 0 aliphatic rings. The number of hydrogen-bond acceptors (Lipinski definition) is 2. The Kier molecular flexibility index (Phi) is 2.92. The molecule has 0 saturated carbocycles. The number of aryl methyl sites for hydroxylation is 1. The maximum atomic E-state index is 8.67. The summed E-state index contributed by atoms with van der Waals surface area (Å²) in [4.78, 5) is 3.22. The molecule has 3 nitrogen and oxygen atoms in total. The van der Waals surface area contributed by atoms with Crippen LogP contribution in [0.2, 0.25) is 0 Å². The Hall–Kier alpha value is -1.48. The highest BCUT2D eigenvalue weighted by Crippen LogP contribution is 2.23. The highest BCUT2D eigenvalue weighted by atomic mass is 16.5. The molecule has 0 atom stereocenters. The van der Waals surface area contributed by atoms with E-state index in [0.717, 1.165) is 17.7 Å². The summed E-state index contributed by atoms with van der Waals surface area (Å²) in [5.41, 5.74) is 2.42. The lowest BCUT2D eigenvalue weighted by Crippen LogP contribution is -2.01. The molecule has 0 amide bonds. The molecule has 15 heavy (non-hydrogen) atoms. The van der Waals surface area contributed by atoms with Gasteiger partial charge in [0, 0.05) is 17.1 Å². The summed E-state index contributed by atoms with van der Waals surface area (Å²) in [5.74, 6) is 0.811. The van der Waals surface area contributed by atoms with E-state index in [4.69, 9.17) is 9.84 Å². The third-order valence-electron chi connectivity index (χ3n) is 2.48. The fraction of sp³-hybridized carbons (Fsp3) is 0.333. The maximum Gasteiger partial charge on any atom is 0.120 e. The van der Waals surface area contributed by atoms with Crippen molar-refractivity contribution in [3.8, 4) is 5.75 Å². The minimum atomic E-state index is 0.0474. The van der Waals surface area contributed by atoms with E-state index in [1.807, 2.05) is 24.4 Å². The first-order valence-corrected chi connectivity index (χ1v) is 5.19. The average Bonchev–Trinajstić information content (AvgIpc) is 2.68. The number of benzene rings is 1. The molecule has 0 unspecified atom stereocenters. The monoisotopic (exact) mass is 205 g/mol. The fourth-order valence-electron chi connectivity index (χ4n) is 1.70. The number of hydrogen-bond donors (Lipinski definition) is 2. The summed E-state index contributed by atoms with van der Waals surface area (Å²) in [5, 5.41) is 9.87. The summed E-state index contributed by atoms with van der Waals surface area (Å²) in [7, 11) is 0. The summed E-state index contributed by atoms with van der Waals surface area (Å²) in [6.07, 6.45) is 3.03. The van der Waals surface area contributed by atoms with Gasteiger partial charge in [0.2, 0.25) is 0 Å². The van der Waals surface area contributed by atoms with E-state index in [1.165, 1.54) is 10.9 Å². The van der Waals surface area contributed by atoms with E-state index < -0.39 is 0 Å². The Morgan fingerprint density at radius 1 is 1.40 bits per heavy atom. The molecular formula is C12H15NO2. The predicted octanol–water partition coefficient (Wildman–Crippen LogP) is 2.10. The van der Waals surface area contributed by atoms with E-state index in [0.29, 0.717) is 6.61 Å². The molecule has 80 valence electrons. The lowest BCUT2D eigenvalue weighted by Gasteiger charge is -2.04. The fourth-order valence-corrected chi connectivity index (χ4v) is 1.70. The largest absolute Gasteiger partial charge is 0.491 e. The Morgan fingerprint density at radius 2 is 2.27 bits per heavy atom. The molecule has 0 spiro atoms. The number of fused-ring (bicyclic) bond motifs is 1. The van der Waals surface area contributed by atoms with E-state index in [-0.39, 0.29) is 6.61 Å². The number of H-pyrrole nitrogens is 1. The second kappa shape index (κ2) is 4.36. The molecule has 2 rings (SSSR count). The maximum absolute atomic E-state index is 8.67. The molecule has 2 N–H and O–H groups in total. The topological polar surface area (TPSA) is 45.2 Å². The number of aromatic nitrogens is 1. The Bertz CT molecular complexity index is 448. The minimum Gasteiger partial charge on any atom is -0.491 e. The Labute approximate surface area is 88.7 Å².